The number of rotatable bonds is 14. The van der Waals surface area contributed by atoms with Crippen LogP contribution in [0.15, 0.2) is 54.7 Å². The van der Waals surface area contributed by atoms with E-state index >= 15 is 0 Å². The summed E-state index contributed by atoms with van der Waals surface area (Å²) in [5.41, 5.74) is 8.81. The number of carboxylic acids is 1. The molecule has 0 spiro atoms. The lowest BCUT2D eigenvalue weighted by Crippen LogP contribution is -2.60. The van der Waals surface area contributed by atoms with Crippen molar-refractivity contribution < 1.29 is 38.5 Å². The van der Waals surface area contributed by atoms with E-state index in [1.54, 1.807) is 46.2 Å². The van der Waals surface area contributed by atoms with Gasteiger partial charge in [0.2, 0.25) is 0 Å². The maximum atomic E-state index is 14.6. The van der Waals surface area contributed by atoms with E-state index in [1.807, 2.05) is 39.0 Å². The number of carbonyl (C=O) groups excluding carboxylic acids is 2. The minimum atomic E-state index is -1.15. The van der Waals surface area contributed by atoms with Crippen LogP contribution in [0.5, 0.6) is 0 Å². The molecule has 2 aromatic heterocycles. The maximum Gasteiger partial charge on any atom is 0.408 e. The molecule has 56 heavy (non-hydrogen) atoms. The number of halogens is 1. The number of aliphatic carboxylic acids is 1. The Bertz CT molecular complexity index is 2060. The summed E-state index contributed by atoms with van der Waals surface area (Å²) in [4.78, 5) is 43.5. The lowest BCUT2D eigenvalue weighted by atomic mass is 9.84. The first-order valence-corrected chi connectivity index (χ1v) is 19.2. The molecule has 0 bridgehead atoms. The molecular weight excluding hydrogens is 717 g/mol. The second-order valence-corrected chi connectivity index (χ2v) is 16.3. The molecule has 12 nitrogen and oxygen atoms in total. The van der Waals surface area contributed by atoms with Crippen molar-refractivity contribution in [3.05, 3.63) is 77.1 Å². The molecule has 3 heterocycles. The summed E-state index contributed by atoms with van der Waals surface area (Å²) in [6, 6.07) is 13.3. The standard InChI is InChI=1S/C43H56FN5O7/c1-9-48-36-15-14-29(22-32(36)33(23-43(6,7)25-50)38(48)31-12-10-16-45-37(31)26(2)55-8)30-19-27(18-28(20-30)24-44)21-35(46-41(54)56-42(3,4)5)39(51)49-17-11-13-34(47-49)40(52)53/h10,12,14-16,18-20,22,26,34-35,47,50H,9,11,13,17,21,23-25H2,1-8H3,(H,46,54)(H,52,53)/t26-,34?,35?/m0/s1. The first-order valence-electron chi connectivity index (χ1n) is 19.2. The molecule has 0 saturated carbocycles. The molecule has 1 fully saturated rings. The third kappa shape index (κ3) is 9.74. The van der Waals surface area contributed by atoms with Crippen molar-refractivity contribution in [1.82, 2.24) is 25.3 Å². The molecule has 4 aromatic rings. The van der Waals surface area contributed by atoms with Gasteiger partial charge >= 0.3 is 12.1 Å². The number of fused-ring (bicyclic) bond motifs is 1. The van der Waals surface area contributed by atoms with E-state index in [-0.39, 0.29) is 25.7 Å². The van der Waals surface area contributed by atoms with Crippen LogP contribution in [0, 0.1) is 5.41 Å². The van der Waals surface area contributed by atoms with Crippen molar-refractivity contribution in [3.8, 4) is 22.4 Å². The predicted octanol–water partition coefficient (Wildman–Crippen LogP) is 7.14. The number of pyridine rings is 1. The van der Waals surface area contributed by atoms with E-state index in [2.05, 4.69) is 40.4 Å². The summed E-state index contributed by atoms with van der Waals surface area (Å²) >= 11 is 0. The first-order chi connectivity index (χ1) is 26.5. The lowest BCUT2D eigenvalue weighted by Gasteiger charge is -2.34. The molecule has 2 aromatic carbocycles. The van der Waals surface area contributed by atoms with Gasteiger partial charge in [-0.05, 0) is 117 Å². The number of alkyl halides is 1. The van der Waals surface area contributed by atoms with Gasteiger partial charge in [-0.25, -0.2) is 14.6 Å². The number of nitrogens with one attached hydrogen (secondary N) is 2. The molecule has 2 amide bonds. The minimum Gasteiger partial charge on any atom is -0.480 e. The van der Waals surface area contributed by atoms with Crippen LogP contribution in [0.4, 0.5) is 9.18 Å². The number of aliphatic hydroxyl groups excluding tert-OH is 1. The zero-order valence-corrected chi connectivity index (χ0v) is 33.7. The van der Waals surface area contributed by atoms with Gasteiger partial charge in [-0.1, -0.05) is 32.0 Å². The van der Waals surface area contributed by atoms with Crippen LogP contribution in [0.2, 0.25) is 0 Å². The zero-order chi connectivity index (χ0) is 40.9. The molecular formula is C43H56FN5O7. The third-order valence-electron chi connectivity index (χ3n) is 10.1. The number of hydrogen-bond acceptors (Lipinski definition) is 8. The Hall–Kier alpha value is -4.85. The molecule has 0 aliphatic carbocycles. The van der Waals surface area contributed by atoms with Crippen LogP contribution in [-0.2, 0) is 45.1 Å². The smallest absolute Gasteiger partial charge is 0.408 e. The SMILES string of the molecule is CCn1c(-c2cccnc2[C@H](C)OC)c(CC(C)(C)CO)c2cc(-c3cc(CF)cc(CC(NC(=O)OC(C)(C)C)C(=O)N4CCCC(C(=O)O)N4)c3)ccc21. The van der Waals surface area contributed by atoms with Gasteiger partial charge in [-0.3, -0.25) is 19.6 Å². The number of aliphatic hydroxyl groups is 1. The van der Waals surface area contributed by atoms with Crippen molar-refractivity contribution in [2.24, 2.45) is 5.41 Å². The van der Waals surface area contributed by atoms with Crippen molar-refractivity contribution in [1.29, 1.82) is 0 Å². The van der Waals surface area contributed by atoms with Gasteiger partial charge in [-0.2, -0.15) is 0 Å². The molecule has 3 atom stereocenters. The van der Waals surface area contributed by atoms with Gasteiger partial charge in [0.15, 0.2) is 0 Å². The van der Waals surface area contributed by atoms with Gasteiger partial charge in [0.05, 0.1) is 17.5 Å². The molecule has 4 N–H and O–H groups in total. The van der Waals surface area contributed by atoms with Crippen LogP contribution >= 0.6 is 0 Å². The number of hydrazine groups is 1. The highest BCUT2D eigenvalue weighted by atomic mass is 19.1. The van der Waals surface area contributed by atoms with Crippen LogP contribution in [0.3, 0.4) is 0 Å². The number of ether oxygens (including phenoxy) is 2. The zero-order valence-electron chi connectivity index (χ0n) is 33.7. The van der Waals surface area contributed by atoms with E-state index in [1.165, 1.54) is 5.01 Å². The van der Waals surface area contributed by atoms with Gasteiger partial charge in [0, 0.05) is 55.9 Å². The summed E-state index contributed by atoms with van der Waals surface area (Å²) in [5.74, 6) is -1.61. The number of carboxylic acid groups (broad SMARTS) is 1. The highest BCUT2D eigenvalue weighted by Gasteiger charge is 2.34. The number of hydrogen-bond donors (Lipinski definition) is 4. The van der Waals surface area contributed by atoms with Gasteiger partial charge in [0.25, 0.3) is 5.91 Å². The molecule has 5 rings (SSSR count). The quantitative estimate of drug-likeness (QED) is 0.105. The van der Waals surface area contributed by atoms with Crippen LogP contribution in [0.25, 0.3) is 33.3 Å². The Kier molecular flexibility index (Phi) is 13.2. The molecule has 302 valence electrons. The van der Waals surface area contributed by atoms with E-state index < -0.39 is 47.7 Å². The number of nitrogens with zero attached hydrogens (tertiary/aromatic N) is 3. The number of methoxy groups -OCH3 is 1. The summed E-state index contributed by atoms with van der Waals surface area (Å²) in [6.45, 7) is 13.4. The van der Waals surface area contributed by atoms with Crippen molar-refractivity contribution in [3.63, 3.8) is 0 Å². The average Bonchev–Trinajstić information content (AvgIpc) is 3.47. The number of aromatic nitrogens is 2. The summed E-state index contributed by atoms with van der Waals surface area (Å²) in [5, 5.41) is 25.0. The Balaban J connectivity index is 1.62. The van der Waals surface area contributed by atoms with E-state index in [4.69, 9.17) is 14.5 Å². The Morgan fingerprint density at radius 3 is 2.45 bits per heavy atom. The molecule has 13 heteroatoms. The second-order valence-electron chi connectivity index (χ2n) is 16.3. The summed E-state index contributed by atoms with van der Waals surface area (Å²) in [6.07, 6.45) is 2.06. The maximum absolute atomic E-state index is 14.6. The van der Waals surface area contributed by atoms with Gasteiger partial charge < -0.3 is 29.6 Å². The Morgan fingerprint density at radius 2 is 1.80 bits per heavy atom. The Labute approximate surface area is 328 Å². The largest absolute Gasteiger partial charge is 0.480 e. The van der Waals surface area contributed by atoms with Crippen LogP contribution in [0.1, 0.15) is 89.8 Å². The molecule has 1 saturated heterocycles. The fourth-order valence-corrected chi connectivity index (χ4v) is 7.33. The van der Waals surface area contributed by atoms with Crippen molar-refractivity contribution >= 4 is 28.9 Å². The van der Waals surface area contributed by atoms with Crippen LogP contribution in [-0.4, -0.2) is 80.7 Å². The first kappa shape index (κ1) is 42.3. The number of benzene rings is 2. The topological polar surface area (TPSA) is 155 Å². The monoisotopic (exact) mass is 773 g/mol. The van der Waals surface area contributed by atoms with Crippen molar-refractivity contribution in [2.45, 2.75) is 111 Å². The lowest BCUT2D eigenvalue weighted by molar-refractivity contribution is -0.147. The molecule has 0 radical (unpaired) electrons. The van der Waals surface area contributed by atoms with E-state index in [0.717, 1.165) is 44.5 Å². The third-order valence-corrected chi connectivity index (χ3v) is 10.1. The average molecular weight is 774 g/mol. The normalized spacial score (nSPS) is 16.1. The number of aryl methyl sites for hydroxylation is 1. The highest BCUT2D eigenvalue weighted by Crippen LogP contribution is 2.41. The van der Waals surface area contributed by atoms with Gasteiger partial charge in [-0.15, -0.1) is 0 Å². The highest BCUT2D eigenvalue weighted by molar-refractivity contribution is 5.95. The van der Waals surface area contributed by atoms with E-state index in [0.29, 0.717) is 36.9 Å². The number of carbonyl (C=O) groups is 3. The second kappa shape index (κ2) is 17.5. The number of amides is 2. The van der Waals surface area contributed by atoms with E-state index in [9.17, 15) is 29.0 Å². The number of alkyl carbamates (subject to hydrolysis) is 1. The summed E-state index contributed by atoms with van der Waals surface area (Å²) in [7, 11) is 1.66. The van der Waals surface area contributed by atoms with Gasteiger partial charge in [0.1, 0.15) is 24.4 Å². The van der Waals surface area contributed by atoms with Crippen molar-refractivity contribution in [2.75, 3.05) is 20.3 Å². The fourth-order valence-electron chi connectivity index (χ4n) is 7.33. The minimum absolute atomic E-state index is 0.00908. The Morgan fingerprint density at radius 1 is 1.07 bits per heavy atom. The predicted molar refractivity (Wildman–Crippen MR) is 213 cm³/mol. The molecule has 1 aliphatic heterocycles. The fraction of sp³-hybridized carbons (Fsp3) is 0.488. The summed E-state index contributed by atoms with van der Waals surface area (Å²) < 4.78 is 28.1. The molecule has 1 aliphatic rings. The van der Waals surface area contributed by atoms with Crippen LogP contribution < -0.4 is 10.7 Å². The molecule has 2 unspecified atom stereocenters.